The second-order valence-electron chi connectivity index (χ2n) is 3.18. The van der Waals surface area contributed by atoms with Crippen LogP contribution in [-0.2, 0) is 16.0 Å². The van der Waals surface area contributed by atoms with E-state index >= 15 is 0 Å². The fraction of sp³-hybridized carbons (Fsp3) is 0.300. The number of carbonyl (C=O) groups excluding carboxylic acids is 1. The number of rotatable bonds is 3. The summed E-state index contributed by atoms with van der Waals surface area (Å²) in [5.74, 6) is -3.96. The number of halogens is 3. The van der Waals surface area contributed by atoms with E-state index in [9.17, 15) is 18.0 Å². The highest BCUT2D eigenvalue weighted by Gasteiger charge is 2.20. The molecule has 88 valence electrons. The fourth-order valence-corrected chi connectivity index (χ4v) is 1.22. The van der Waals surface area contributed by atoms with Crippen LogP contribution in [0.1, 0.15) is 5.56 Å². The summed E-state index contributed by atoms with van der Waals surface area (Å²) >= 11 is 0. The number of hydrogen-bond donors (Lipinski definition) is 1. The number of esters is 1. The molecule has 2 N–H and O–H groups in total. The molecule has 16 heavy (non-hydrogen) atoms. The quantitative estimate of drug-likeness (QED) is 0.797. The van der Waals surface area contributed by atoms with Gasteiger partial charge in [0.25, 0.3) is 0 Å². The van der Waals surface area contributed by atoms with Gasteiger partial charge in [0.15, 0.2) is 0 Å². The van der Waals surface area contributed by atoms with Gasteiger partial charge in [0, 0.05) is 24.1 Å². The first-order valence-corrected chi connectivity index (χ1v) is 4.42. The monoisotopic (exact) mass is 233 g/mol. The number of carbonyl (C=O) groups is 1. The van der Waals surface area contributed by atoms with Gasteiger partial charge >= 0.3 is 5.97 Å². The molecule has 3 nitrogen and oxygen atoms in total. The molecule has 1 rings (SSSR count). The number of hydrogen-bond acceptors (Lipinski definition) is 3. The van der Waals surface area contributed by atoms with Crippen molar-refractivity contribution in [3.63, 3.8) is 0 Å². The topological polar surface area (TPSA) is 52.3 Å². The Morgan fingerprint density at radius 3 is 2.31 bits per heavy atom. The first kappa shape index (κ1) is 12.5. The Hall–Kier alpha value is -1.56. The van der Waals surface area contributed by atoms with Crippen molar-refractivity contribution in [3.05, 3.63) is 35.1 Å². The molecule has 1 unspecified atom stereocenters. The average Bonchev–Trinajstić information content (AvgIpc) is 2.21. The van der Waals surface area contributed by atoms with Gasteiger partial charge in [-0.15, -0.1) is 0 Å². The number of benzene rings is 1. The largest absolute Gasteiger partial charge is 0.468 e. The Kier molecular flexibility index (Phi) is 3.89. The molecule has 0 aliphatic carbocycles. The third-order valence-electron chi connectivity index (χ3n) is 2.03. The van der Waals surface area contributed by atoms with Gasteiger partial charge in [-0.2, -0.15) is 0 Å². The van der Waals surface area contributed by atoms with E-state index in [0.717, 1.165) is 7.11 Å². The summed E-state index contributed by atoms with van der Waals surface area (Å²) < 4.78 is 43.2. The predicted molar refractivity (Wildman–Crippen MR) is 50.0 cm³/mol. The van der Waals surface area contributed by atoms with Gasteiger partial charge < -0.3 is 10.5 Å². The molecule has 0 aromatic heterocycles. The van der Waals surface area contributed by atoms with Gasteiger partial charge in [0.05, 0.1) is 7.11 Å². The maximum Gasteiger partial charge on any atom is 0.322 e. The van der Waals surface area contributed by atoms with Crippen LogP contribution in [0.5, 0.6) is 0 Å². The lowest BCUT2D eigenvalue weighted by Gasteiger charge is -2.10. The summed E-state index contributed by atoms with van der Waals surface area (Å²) in [4.78, 5) is 10.9. The Balaban J connectivity index is 2.93. The Labute approximate surface area is 90.0 Å². The van der Waals surface area contributed by atoms with E-state index in [1.807, 2.05) is 0 Å². The molecule has 1 atom stereocenters. The summed E-state index contributed by atoms with van der Waals surface area (Å²) in [5.41, 5.74) is 4.90. The summed E-state index contributed by atoms with van der Waals surface area (Å²) in [6.45, 7) is 0. The third kappa shape index (κ3) is 2.73. The number of methoxy groups -OCH3 is 1. The molecule has 6 heteroatoms. The van der Waals surface area contributed by atoms with Gasteiger partial charge in [-0.3, -0.25) is 4.79 Å². The van der Waals surface area contributed by atoms with Crippen LogP contribution in [0.2, 0.25) is 0 Å². The van der Waals surface area contributed by atoms with Crippen molar-refractivity contribution in [2.45, 2.75) is 12.5 Å². The van der Waals surface area contributed by atoms with E-state index in [0.29, 0.717) is 12.1 Å². The lowest BCUT2D eigenvalue weighted by molar-refractivity contribution is -0.142. The minimum Gasteiger partial charge on any atom is -0.468 e. The highest BCUT2D eigenvalue weighted by atomic mass is 19.1. The van der Waals surface area contributed by atoms with E-state index in [4.69, 9.17) is 5.73 Å². The molecule has 0 aliphatic heterocycles. The van der Waals surface area contributed by atoms with Crippen LogP contribution in [0.3, 0.4) is 0 Å². The van der Waals surface area contributed by atoms with Crippen molar-refractivity contribution in [2.24, 2.45) is 5.73 Å². The van der Waals surface area contributed by atoms with E-state index in [-0.39, 0.29) is 6.42 Å². The lowest BCUT2D eigenvalue weighted by atomic mass is 10.1. The average molecular weight is 233 g/mol. The van der Waals surface area contributed by atoms with Crippen LogP contribution in [0, 0.1) is 17.5 Å². The molecular formula is C10H10F3NO2. The maximum absolute atomic E-state index is 13.2. The van der Waals surface area contributed by atoms with E-state index in [1.165, 1.54) is 0 Å². The maximum atomic E-state index is 13.2. The van der Waals surface area contributed by atoms with E-state index in [2.05, 4.69) is 4.74 Å². The van der Waals surface area contributed by atoms with Crippen molar-refractivity contribution in [1.29, 1.82) is 0 Å². The molecule has 0 fully saturated rings. The highest BCUT2D eigenvalue weighted by Crippen LogP contribution is 2.16. The summed E-state index contributed by atoms with van der Waals surface area (Å²) in [7, 11) is 1.11. The molecule has 0 saturated carbocycles. The number of nitrogens with two attached hydrogens (primary N) is 1. The predicted octanol–water partition coefficient (Wildman–Crippen LogP) is 1.15. The molecule has 1 aromatic rings. The zero-order valence-electron chi connectivity index (χ0n) is 8.47. The Morgan fingerprint density at radius 1 is 1.38 bits per heavy atom. The highest BCUT2D eigenvalue weighted by molar-refractivity contribution is 5.75. The molecule has 0 radical (unpaired) electrons. The van der Waals surface area contributed by atoms with Crippen LogP contribution in [-0.4, -0.2) is 19.1 Å². The van der Waals surface area contributed by atoms with Gasteiger partial charge in [0.1, 0.15) is 23.5 Å². The van der Waals surface area contributed by atoms with Gasteiger partial charge in [-0.25, -0.2) is 13.2 Å². The van der Waals surface area contributed by atoms with Gasteiger partial charge in [-0.1, -0.05) is 0 Å². The smallest absolute Gasteiger partial charge is 0.322 e. The molecule has 0 spiro atoms. The fourth-order valence-electron chi connectivity index (χ4n) is 1.22. The molecule has 0 heterocycles. The van der Waals surface area contributed by atoms with Gasteiger partial charge in [0.2, 0.25) is 0 Å². The van der Waals surface area contributed by atoms with E-state index in [1.54, 1.807) is 0 Å². The molecule has 0 bridgehead atoms. The zero-order valence-corrected chi connectivity index (χ0v) is 8.47. The minimum atomic E-state index is -1.18. The lowest BCUT2D eigenvalue weighted by Crippen LogP contribution is -2.34. The van der Waals surface area contributed by atoms with Crippen molar-refractivity contribution in [1.82, 2.24) is 0 Å². The Morgan fingerprint density at radius 2 is 1.88 bits per heavy atom. The molecule has 0 saturated heterocycles. The minimum absolute atomic E-state index is 0.384. The molecule has 0 aliphatic rings. The van der Waals surface area contributed by atoms with Crippen molar-refractivity contribution in [2.75, 3.05) is 7.11 Å². The first-order valence-electron chi connectivity index (χ1n) is 4.42. The molecule has 0 amide bonds. The van der Waals surface area contributed by atoms with Crippen LogP contribution in [0.25, 0.3) is 0 Å². The second kappa shape index (κ2) is 4.98. The summed E-state index contributed by atoms with van der Waals surface area (Å²) in [6, 6.07) is -0.121. The summed E-state index contributed by atoms with van der Waals surface area (Å²) in [5, 5.41) is 0. The molecular weight excluding hydrogens is 223 g/mol. The Bertz CT molecular complexity index is 386. The SMILES string of the molecule is COC(=O)C(N)Cc1c(F)cc(F)cc1F. The summed E-state index contributed by atoms with van der Waals surface area (Å²) in [6.07, 6.45) is -0.384. The van der Waals surface area contributed by atoms with E-state index < -0.39 is 35.0 Å². The van der Waals surface area contributed by atoms with Crippen molar-refractivity contribution < 1.29 is 22.7 Å². The molecule has 1 aromatic carbocycles. The van der Waals surface area contributed by atoms with Crippen molar-refractivity contribution >= 4 is 5.97 Å². The third-order valence-corrected chi connectivity index (χ3v) is 2.03. The van der Waals surface area contributed by atoms with Crippen molar-refractivity contribution in [3.8, 4) is 0 Å². The van der Waals surface area contributed by atoms with Crippen LogP contribution in [0.4, 0.5) is 13.2 Å². The normalized spacial score (nSPS) is 12.3. The van der Waals surface area contributed by atoms with Gasteiger partial charge in [-0.05, 0) is 0 Å². The van der Waals surface area contributed by atoms with Crippen LogP contribution < -0.4 is 5.73 Å². The standard InChI is InChI=1S/C10H10F3NO2/c1-16-10(15)9(14)4-6-7(12)2-5(11)3-8(6)13/h2-3,9H,4,14H2,1H3. The van der Waals surface area contributed by atoms with Crippen LogP contribution >= 0.6 is 0 Å². The second-order valence-corrected chi connectivity index (χ2v) is 3.18. The van der Waals surface area contributed by atoms with Crippen LogP contribution in [0.15, 0.2) is 12.1 Å². The number of ether oxygens (including phenoxy) is 1. The zero-order chi connectivity index (χ0) is 12.3. The first-order chi connectivity index (χ1) is 7.45.